The summed E-state index contributed by atoms with van der Waals surface area (Å²) in [4.78, 5) is 26.8. The Labute approximate surface area is 168 Å². The third-order valence-corrected chi connectivity index (χ3v) is 5.93. The molecule has 3 N–H and O–H groups in total. The molecule has 1 aliphatic rings. The number of aromatic nitrogens is 3. The van der Waals surface area contributed by atoms with Gasteiger partial charge in [-0.25, -0.2) is 19.7 Å². The Balaban J connectivity index is 1.97. The van der Waals surface area contributed by atoms with Gasteiger partial charge in [0.15, 0.2) is 16.5 Å². The lowest BCUT2D eigenvalue weighted by atomic mass is 9.97. The first-order valence-electron chi connectivity index (χ1n) is 8.59. The van der Waals surface area contributed by atoms with E-state index in [1.165, 1.54) is 24.4 Å². The van der Waals surface area contributed by atoms with Crippen molar-refractivity contribution in [2.45, 2.75) is 37.8 Å². The number of nitrogens with two attached hydrogens (primary N) is 1. The Kier molecular flexibility index (Phi) is 5.20. The summed E-state index contributed by atoms with van der Waals surface area (Å²) in [5.74, 6) is -0.282. The number of rotatable bonds is 4. The van der Waals surface area contributed by atoms with Crippen LogP contribution in [0.1, 0.15) is 37.7 Å². The molecule has 1 amide bonds. The van der Waals surface area contributed by atoms with Crippen molar-refractivity contribution in [3.63, 3.8) is 0 Å². The van der Waals surface area contributed by atoms with Crippen LogP contribution in [0.3, 0.4) is 0 Å². The maximum Gasteiger partial charge on any atom is 0.287 e. The molecule has 0 saturated carbocycles. The summed E-state index contributed by atoms with van der Waals surface area (Å²) in [6.45, 7) is 6.78. The van der Waals surface area contributed by atoms with Gasteiger partial charge in [0.25, 0.3) is 15.9 Å². The van der Waals surface area contributed by atoms with E-state index in [9.17, 15) is 13.2 Å². The molecular formula is C17H21ClN6O3S. The van der Waals surface area contributed by atoms with Gasteiger partial charge in [-0.15, -0.1) is 0 Å². The van der Waals surface area contributed by atoms with Gasteiger partial charge in [0.1, 0.15) is 11.0 Å². The summed E-state index contributed by atoms with van der Waals surface area (Å²) in [5.41, 5.74) is 5.12. The van der Waals surface area contributed by atoms with Crippen molar-refractivity contribution >= 4 is 39.2 Å². The van der Waals surface area contributed by atoms with Crippen molar-refractivity contribution in [3.8, 4) is 0 Å². The van der Waals surface area contributed by atoms with Crippen LogP contribution in [-0.2, 0) is 10.0 Å². The molecule has 3 heterocycles. The lowest BCUT2D eigenvalue weighted by molar-refractivity contribution is 0.0976. The second kappa shape index (κ2) is 7.17. The fraction of sp³-hybridized carbons (Fsp3) is 0.412. The molecular weight excluding hydrogens is 404 g/mol. The zero-order valence-electron chi connectivity index (χ0n) is 15.7. The van der Waals surface area contributed by atoms with E-state index in [1.54, 1.807) is 0 Å². The van der Waals surface area contributed by atoms with Gasteiger partial charge in [0.05, 0.1) is 6.20 Å². The minimum absolute atomic E-state index is 0.0232. The standard InChI is InChI=1S/C17H21ClN6O3S/c1-10-7-17(2,3)24(9-10)15-14(20-8-11(18)21-15)16(25)23-28(26,27)13-6-4-5-12(19)22-13/h4-6,8,10H,7,9H2,1-3H3,(H2,19,22)(H,23,25)/t10-/m0/s1. The highest BCUT2D eigenvalue weighted by atomic mass is 35.5. The van der Waals surface area contributed by atoms with E-state index in [-0.39, 0.29) is 33.0 Å². The summed E-state index contributed by atoms with van der Waals surface area (Å²) < 4.78 is 27.0. The van der Waals surface area contributed by atoms with Crippen molar-refractivity contribution in [2.75, 3.05) is 17.2 Å². The van der Waals surface area contributed by atoms with Crippen LogP contribution in [0.4, 0.5) is 11.6 Å². The number of amides is 1. The molecule has 2 aromatic rings. The zero-order chi connectivity index (χ0) is 20.7. The summed E-state index contributed by atoms with van der Waals surface area (Å²) in [6.07, 6.45) is 2.09. The van der Waals surface area contributed by atoms with Crippen LogP contribution in [0.5, 0.6) is 0 Å². The Morgan fingerprint density at radius 1 is 1.36 bits per heavy atom. The quantitative estimate of drug-likeness (QED) is 0.760. The number of nitrogens with one attached hydrogen (secondary N) is 1. The first-order chi connectivity index (χ1) is 13.0. The van der Waals surface area contributed by atoms with Crippen LogP contribution in [0.25, 0.3) is 0 Å². The molecule has 0 unspecified atom stereocenters. The fourth-order valence-electron chi connectivity index (χ4n) is 3.47. The van der Waals surface area contributed by atoms with Crippen LogP contribution in [0.15, 0.2) is 29.4 Å². The average molecular weight is 425 g/mol. The molecule has 28 heavy (non-hydrogen) atoms. The second-order valence-corrected chi connectivity index (χ2v) is 9.45. The number of carbonyl (C=O) groups excluding carboxylic acids is 1. The Morgan fingerprint density at radius 2 is 2.07 bits per heavy atom. The summed E-state index contributed by atoms with van der Waals surface area (Å²) in [6, 6.07) is 4.12. The van der Waals surface area contributed by atoms with Gasteiger partial charge >= 0.3 is 0 Å². The number of hydrogen-bond acceptors (Lipinski definition) is 8. The molecule has 2 aromatic heterocycles. The lowest BCUT2D eigenvalue weighted by Gasteiger charge is -2.33. The van der Waals surface area contributed by atoms with Crippen LogP contribution in [0.2, 0.25) is 5.15 Å². The van der Waals surface area contributed by atoms with Gasteiger partial charge in [-0.3, -0.25) is 4.79 Å². The van der Waals surface area contributed by atoms with Gasteiger partial charge in [0, 0.05) is 12.1 Å². The maximum atomic E-state index is 12.8. The van der Waals surface area contributed by atoms with Gasteiger partial charge in [0.2, 0.25) is 0 Å². The molecule has 0 bridgehead atoms. The number of nitrogen functional groups attached to an aromatic ring is 1. The number of sulfonamides is 1. The van der Waals surface area contributed by atoms with E-state index in [1.807, 2.05) is 23.5 Å². The molecule has 3 rings (SSSR count). The lowest BCUT2D eigenvalue weighted by Crippen LogP contribution is -2.41. The van der Waals surface area contributed by atoms with E-state index in [2.05, 4.69) is 21.9 Å². The molecule has 11 heteroatoms. The largest absolute Gasteiger partial charge is 0.384 e. The van der Waals surface area contributed by atoms with Gasteiger partial charge in [-0.05, 0) is 38.3 Å². The van der Waals surface area contributed by atoms with Crippen molar-refractivity contribution < 1.29 is 13.2 Å². The molecule has 0 radical (unpaired) electrons. The van der Waals surface area contributed by atoms with Gasteiger partial charge in [-0.2, -0.15) is 8.42 Å². The Hall–Kier alpha value is -2.46. The minimum atomic E-state index is -4.23. The monoisotopic (exact) mass is 424 g/mol. The predicted octanol–water partition coefficient (Wildman–Crippen LogP) is 1.85. The van der Waals surface area contributed by atoms with Crippen molar-refractivity contribution in [1.29, 1.82) is 0 Å². The minimum Gasteiger partial charge on any atom is -0.384 e. The number of hydrogen-bond donors (Lipinski definition) is 2. The van der Waals surface area contributed by atoms with Crippen LogP contribution in [-0.4, -0.2) is 41.4 Å². The van der Waals surface area contributed by atoms with Crippen LogP contribution < -0.4 is 15.4 Å². The highest BCUT2D eigenvalue weighted by molar-refractivity contribution is 7.90. The van der Waals surface area contributed by atoms with E-state index < -0.39 is 15.9 Å². The van der Waals surface area contributed by atoms with Crippen molar-refractivity contribution in [3.05, 3.63) is 35.2 Å². The van der Waals surface area contributed by atoms with Crippen LogP contribution in [0, 0.1) is 5.92 Å². The zero-order valence-corrected chi connectivity index (χ0v) is 17.3. The topological polar surface area (TPSA) is 131 Å². The van der Waals surface area contributed by atoms with Gasteiger partial charge in [-0.1, -0.05) is 24.6 Å². The van der Waals surface area contributed by atoms with Crippen LogP contribution >= 0.6 is 11.6 Å². The molecule has 1 saturated heterocycles. The molecule has 1 atom stereocenters. The van der Waals surface area contributed by atoms with E-state index in [0.717, 1.165) is 6.42 Å². The molecule has 150 valence electrons. The van der Waals surface area contributed by atoms with E-state index in [4.69, 9.17) is 17.3 Å². The number of pyridine rings is 1. The smallest absolute Gasteiger partial charge is 0.287 e. The fourth-order valence-corrected chi connectivity index (χ4v) is 4.53. The number of halogens is 1. The second-order valence-electron chi connectivity index (χ2n) is 7.43. The highest BCUT2D eigenvalue weighted by Crippen LogP contribution is 2.37. The average Bonchev–Trinajstić information content (AvgIpc) is 2.86. The summed E-state index contributed by atoms with van der Waals surface area (Å²) in [7, 11) is -4.23. The van der Waals surface area contributed by atoms with E-state index in [0.29, 0.717) is 12.5 Å². The number of carbonyl (C=O) groups is 1. The van der Waals surface area contributed by atoms with Crippen molar-refractivity contribution in [1.82, 2.24) is 19.7 Å². The number of nitrogens with zero attached hydrogens (tertiary/aromatic N) is 4. The summed E-state index contributed by atoms with van der Waals surface area (Å²) in [5, 5.41) is -0.248. The first-order valence-corrected chi connectivity index (χ1v) is 10.5. The molecule has 9 nitrogen and oxygen atoms in total. The molecule has 1 fully saturated rings. The van der Waals surface area contributed by atoms with Gasteiger partial charge < -0.3 is 10.6 Å². The van der Waals surface area contributed by atoms with Crippen molar-refractivity contribution in [2.24, 2.45) is 5.92 Å². The summed E-state index contributed by atoms with van der Waals surface area (Å²) >= 11 is 6.00. The number of anilines is 2. The Morgan fingerprint density at radius 3 is 2.68 bits per heavy atom. The SMILES string of the molecule is C[C@@H]1CN(c2nc(Cl)cnc2C(=O)NS(=O)(=O)c2cccc(N)n2)C(C)(C)C1. The normalized spacial score (nSPS) is 18.9. The molecule has 0 aromatic carbocycles. The third kappa shape index (κ3) is 4.02. The molecule has 1 aliphatic heterocycles. The molecule has 0 spiro atoms. The maximum absolute atomic E-state index is 12.8. The highest BCUT2D eigenvalue weighted by Gasteiger charge is 2.39. The Bertz CT molecular complexity index is 1030. The third-order valence-electron chi connectivity index (χ3n) is 4.52. The molecule has 0 aliphatic carbocycles. The first kappa shape index (κ1) is 20.3. The van der Waals surface area contributed by atoms with E-state index >= 15 is 0 Å². The predicted molar refractivity (Wildman–Crippen MR) is 106 cm³/mol.